The van der Waals surface area contributed by atoms with Gasteiger partial charge in [-0.15, -0.1) is 0 Å². The first-order valence-electron chi connectivity index (χ1n) is 6.42. The molecule has 5 heteroatoms. The van der Waals surface area contributed by atoms with Crippen LogP contribution in [0.3, 0.4) is 0 Å². The molecule has 0 saturated carbocycles. The second-order valence-corrected chi connectivity index (χ2v) is 5.66. The molecule has 1 aromatic heterocycles. The van der Waals surface area contributed by atoms with E-state index in [1.807, 2.05) is 40.8 Å². The number of piperazine rings is 1. The van der Waals surface area contributed by atoms with Gasteiger partial charge in [0.25, 0.3) is 5.91 Å². The van der Waals surface area contributed by atoms with Crippen molar-refractivity contribution in [1.29, 1.82) is 0 Å². The topological polar surface area (TPSA) is 37.3 Å². The fourth-order valence-electron chi connectivity index (χ4n) is 2.60. The van der Waals surface area contributed by atoms with Gasteiger partial charge in [-0.1, -0.05) is 12.1 Å². The Bertz CT molecular complexity index is 629. The molecule has 3 rings (SSSR count). The predicted molar refractivity (Wildman–Crippen MR) is 79.4 cm³/mol. The largest absolute Gasteiger partial charge is 0.339 e. The van der Waals surface area contributed by atoms with Crippen LogP contribution in [0.2, 0.25) is 0 Å². The molecule has 0 spiro atoms. The first-order valence-corrected chi connectivity index (χ1v) is 7.22. The van der Waals surface area contributed by atoms with Gasteiger partial charge in [0.05, 0.1) is 5.52 Å². The molecule has 0 unspecified atom stereocenters. The van der Waals surface area contributed by atoms with E-state index in [0.717, 1.165) is 47.2 Å². The Morgan fingerprint density at radius 1 is 1.32 bits per heavy atom. The number of rotatable bonds is 1. The summed E-state index contributed by atoms with van der Waals surface area (Å²) < 4.78 is 3.00. The molecule has 1 aliphatic rings. The van der Waals surface area contributed by atoms with E-state index < -0.39 is 0 Å². The Morgan fingerprint density at radius 2 is 2.05 bits per heavy atom. The van der Waals surface area contributed by atoms with E-state index in [-0.39, 0.29) is 5.91 Å². The van der Waals surface area contributed by atoms with Crippen molar-refractivity contribution in [2.45, 2.75) is 0 Å². The summed E-state index contributed by atoms with van der Waals surface area (Å²) in [5, 5.41) is 4.36. The standard InChI is InChI=1S/C14H16BrN3O/c1-17-12(14(19)18-7-5-16-6-8-18)9-10-3-2-4-11(15)13(10)17/h2-4,9,16H,5-8H2,1H3. The monoisotopic (exact) mass is 321 g/mol. The van der Waals surface area contributed by atoms with Gasteiger partial charge in [-0.3, -0.25) is 4.79 Å². The zero-order valence-electron chi connectivity index (χ0n) is 10.8. The third kappa shape index (κ3) is 2.17. The van der Waals surface area contributed by atoms with E-state index in [1.165, 1.54) is 0 Å². The minimum atomic E-state index is 0.118. The van der Waals surface area contributed by atoms with Crippen LogP contribution in [0.25, 0.3) is 10.9 Å². The van der Waals surface area contributed by atoms with Gasteiger partial charge in [0.1, 0.15) is 5.69 Å². The zero-order valence-corrected chi connectivity index (χ0v) is 12.4. The second kappa shape index (κ2) is 4.98. The second-order valence-electron chi connectivity index (χ2n) is 4.81. The van der Waals surface area contributed by atoms with Gasteiger partial charge < -0.3 is 14.8 Å². The minimum absolute atomic E-state index is 0.118. The van der Waals surface area contributed by atoms with E-state index in [9.17, 15) is 4.79 Å². The lowest BCUT2D eigenvalue weighted by atomic mass is 10.2. The summed E-state index contributed by atoms with van der Waals surface area (Å²) in [6.45, 7) is 3.31. The maximum atomic E-state index is 12.6. The van der Waals surface area contributed by atoms with E-state index >= 15 is 0 Å². The highest BCUT2D eigenvalue weighted by Gasteiger charge is 2.21. The summed E-state index contributed by atoms with van der Waals surface area (Å²) in [6, 6.07) is 8.01. The molecule has 2 heterocycles. The van der Waals surface area contributed by atoms with Crippen molar-refractivity contribution >= 4 is 32.7 Å². The number of nitrogens with zero attached hydrogens (tertiary/aromatic N) is 2. The summed E-state index contributed by atoms with van der Waals surface area (Å²) in [4.78, 5) is 14.5. The fourth-order valence-corrected chi connectivity index (χ4v) is 3.25. The fraction of sp³-hybridized carbons (Fsp3) is 0.357. The summed E-state index contributed by atoms with van der Waals surface area (Å²) >= 11 is 3.55. The molecule has 0 atom stereocenters. The van der Waals surface area contributed by atoms with Gasteiger partial charge in [-0.05, 0) is 28.1 Å². The van der Waals surface area contributed by atoms with Gasteiger partial charge in [0.15, 0.2) is 0 Å². The molecule has 1 aromatic carbocycles. The summed E-state index contributed by atoms with van der Waals surface area (Å²) in [5.41, 5.74) is 1.82. The van der Waals surface area contributed by atoms with Crippen LogP contribution in [0.5, 0.6) is 0 Å². The maximum absolute atomic E-state index is 12.6. The van der Waals surface area contributed by atoms with Crippen LogP contribution in [-0.2, 0) is 7.05 Å². The molecule has 1 fully saturated rings. The summed E-state index contributed by atoms with van der Waals surface area (Å²) in [6.07, 6.45) is 0. The Morgan fingerprint density at radius 3 is 2.74 bits per heavy atom. The number of amides is 1. The van der Waals surface area contributed by atoms with Gasteiger partial charge in [0, 0.05) is 43.1 Å². The van der Waals surface area contributed by atoms with Crippen LogP contribution in [0.4, 0.5) is 0 Å². The maximum Gasteiger partial charge on any atom is 0.270 e. The minimum Gasteiger partial charge on any atom is -0.339 e. The van der Waals surface area contributed by atoms with Crippen molar-refractivity contribution in [3.8, 4) is 0 Å². The molecule has 2 aromatic rings. The molecule has 0 aliphatic carbocycles. The molecule has 1 N–H and O–H groups in total. The lowest BCUT2D eigenvalue weighted by molar-refractivity contribution is 0.0726. The highest BCUT2D eigenvalue weighted by molar-refractivity contribution is 9.10. The number of aromatic nitrogens is 1. The van der Waals surface area contributed by atoms with E-state index in [2.05, 4.69) is 21.2 Å². The number of aryl methyl sites for hydroxylation is 1. The number of carbonyl (C=O) groups excluding carboxylic acids is 1. The molecule has 0 bridgehead atoms. The lowest BCUT2D eigenvalue weighted by Gasteiger charge is -2.27. The van der Waals surface area contributed by atoms with E-state index in [1.54, 1.807) is 0 Å². The van der Waals surface area contributed by atoms with Crippen molar-refractivity contribution in [2.24, 2.45) is 7.05 Å². The van der Waals surface area contributed by atoms with Crippen molar-refractivity contribution in [3.63, 3.8) is 0 Å². The highest BCUT2D eigenvalue weighted by atomic mass is 79.9. The molecule has 0 radical (unpaired) electrons. The predicted octanol–water partition coefficient (Wildman–Crippen LogP) is 1.99. The van der Waals surface area contributed by atoms with Crippen LogP contribution >= 0.6 is 15.9 Å². The number of halogens is 1. The number of fused-ring (bicyclic) bond motifs is 1. The average Bonchev–Trinajstić information content (AvgIpc) is 2.78. The molecular formula is C14H16BrN3O. The van der Waals surface area contributed by atoms with Gasteiger partial charge in [0.2, 0.25) is 0 Å². The molecule has 19 heavy (non-hydrogen) atoms. The van der Waals surface area contributed by atoms with Crippen molar-refractivity contribution in [2.75, 3.05) is 26.2 Å². The lowest BCUT2D eigenvalue weighted by Crippen LogP contribution is -2.46. The number of nitrogens with one attached hydrogen (secondary N) is 1. The first kappa shape index (κ1) is 12.7. The van der Waals surface area contributed by atoms with Crippen LogP contribution < -0.4 is 5.32 Å². The van der Waals surface area contributed by atoms with Crippen molar-refractivity contribution < 1.29 is 4.79 Å². The van der Waals surface area contributed by atoms with E-state index in [4.69, 9.17) is 0 Å². The molecule has 1 saturated heterocycles. The van der Waals surface area contributed by atoms with Gasteiger partial charge in [-0.2, -0.15) is 0 Å². The van der Waals surface area contributed by atoms with Crippen LogP contribution in [0, 0.1) is 0 Å². The van der Waals surface area contributed by atoms with Crippen LogP contribution in [0.1, 0.15) is 10.5 Å². The quantitative estimate of drug-likeness (QED) is 0.872. The Labute approximate surface area is 120 Å². The number of carbonyl (C=O) groups is 1. The average molecular weight is 322 g/mol. The number of hydrogen-bond acceptors (Lipinski definition) is 2. The molecular weight excluding hydrogens is 306 g/mol. The Hall–Kier alpha value is -1.33. The Kier molecular flexibility index (Phi) is 3.33. The van der Waals surface area contributed by atoms with Gasteiger partial charge in [-0.25, -0.2) is 0 Å². The van der Waals surface area contributed by atoms with E-state index in [0.29, 0.717) is 0 Å². The highest BCUT2D eigenvalue weighted by Crippen LogP contribution is 2.27. The first-order chi connectivity index (χ1) is 9.18. The number of benzene rings is 1. The molecule has 100 valence electrons. The van der Waals surface area contributed by atoms with Crippen LogP contribution in [-0.4, -0.2) is 41.6 Å². The Balaban J connectivity index is 2.03. The number of hydrogen-bond donors (Lipinski definition) is 1. The third-order valence-corrected chi connectivity index (χ3v) is 4.27. The van der Waals surface area contributed by atoms with Crippen molar-refractivity contribution in [3.05, 3.63) is 34.4 Å². The normalized spacial score (nSPS) is 16.0. The molecule has 4 nitrogen and oxygen atoms in total. The van der Waals surface area contributed by atoms with Crippen LogP contribution in [0.15, 0.2) is 28.7 Å². The summed E-state index contributed by atoms with van der Waals surface area (Å²) in [5.74, 6) is 0.118. The molecule has 1 amide bonds. The van der Waals surface area contributed by atoms with Gasteiger partial charge >= 0.3 is 0 Å². The van der Waals surface area contributed by atoms with Crippen molar-refractivity contribution in [1.82, 2.24) is 14.8 Å². The summed E-state index contributed by atoms with van der Waals surface area (Å²) in [7, 11) is 1.95. The molecule has 1 aliphatic heterocycles. The SMILES string of the molecule is Cn1c(C(=O)N2CCNCC2)cc2cccc(Br)c21. The zero-order chi connectivity index (χ0) is 13.4. The number of para-hydroxylation sites is 1. The third-order valence-electron chi connectivity index (χ3n) is 3.63. The smallest absolute Gasteiger partial charge is 0.270 e.